The third kappa shape index (κ3) is 7.06. The molecule has 1 amide bonds. The standard InChI is InChI=1S/C36H39Cl2N5O3/c1-21(44)18-40-29-10-5-11-30-26(29)14-16-31(42-30)27-8-3-6-24(34(27)37)25-7-4-9-28(35(25)38)32-15-12-22(36(43-32)46-2)19-39-20-23-13-17-33(45)41-23/h3-4,6-9,12,14-16,21,23,29,39-40,44H,5,10-11,13,17-20H2,1-2H3,(H,41,45)/t21-,23-,29+/m1/s1. The number of carbonyl (C=O) groups excluding carboxylic acids is 1. The number of nitrogens with zero attached hydrogens (tertiary/aromatic N) is 2. The minimum Gasteiger partial charge on any atom is -0.481 e. The van der Waals surface area contributed by atoms with Crippen molar-refractivity contribution in [2.75, 3.05) is 20.2 Å². The Balaban J connectivity index is 1.25. The number of benzene rings is 2. The summed E-state index contributed by atoms with van der Waals surface area (Å²) in [5.74, 6) is 0.623. The van der Waals surface area contributed by atoms with E-state index in [-0.39, 0.29) is 18.0 Å². The molecular weight excluding hydrogens is 621 g/mol. The molecule has 0 radical (unpaired) electrons. The topological polar surface area (TPSA) is 108 Å². The normalized spacial score (nSPS) is 18.2. The number of hydrogen-bond donors (Lipinski definition) is 4. The van der Waals surface area contributed by atoms with Crippen LogP contribution < -0.4 is 20.7 Å². The number of carbonyl (C=O) groups is 1. The van der Waals surface area contributed by atoms with Gasteiger partial charge in [-0.25, -0.2) is 4.98 Å². The predicted molar refractivity (Wildman–Crippen MR) is 183 cm³/mol. The van der Waals surface area contributed by atoms with Gasteiger partial charge in [-0.15, -0.1) is 0 Å². The van der Waals surface area contributed by atoms with Gasteiger partial charge in [-0.1, -0.05) is 71.7 Å². The van der Waals surface area contributed by atoms with Crippen LogP contribution in [0.3, 0.4) is 0 Å². The molecular formula is C36H39Cl2N5O3. The molecule has 1 aliphatic heterocycles. The molecule has 46 heavy (non-hydrogen) atoms. The van der Waals surface area contributed by atoms with Crippen molar-refractivity contribution in [2.24, 2.45) is 0 Å². The van der Waals surface area contributed by atoms with Crippen LogP contribution in [0.4, 0.5) is 0 Å². The second-order valence-electron chi connectivity index (χ2n) is 12.1. The first-order valence-electron chi connectivity index (χ1n) is 15.9. The number of pyridine rings is 2. The van der Waals surface area contributed by atoms with E-state index in [4.69, 9.17) is 37.9 Å². The fraction of sp³-hybridized carbons (Fsp3) is 0.361. The Kier molecular flexibility index (Phi) is 10.2. The van der Waals surface area contributed by atoms with E-state index in [1.165, 1.54) is 5.56 Å². The van der Waals surface area contributed by atoms with Crippen LogP contribution in [0.2, 0.25) is 10.0 Å². The number of ether oxygens (including phenoxy) is 1. The second kappa shape index (κ2) is 14.5. The molecule has 6 rings (SSSR count). The first-order valence-corrected chi connectivity index (χ1v) is 16.6. The summed E-state index contributed by atoms with van der Waals surface area (Å²) in [4.78, 5) is 21.3. The van der Waals surface area contributed by atoms with Gasteiger partial charge in [0.25, 0.3) is 0 Å². The number of aryl methyl sites for hydroxylation is 1. The molecule has 0 spiro atoms. The highest BCUT2D eigenvalue weighted by molar-refractivity contribution is 6.39. The van der Waals surface area contributed by atoms with Gasteiger partial charge in [0.2, 0.25) is 11.8 Å². The molecule has 4 N–H and O–H groups in total. The number of aliphatic hydroxyl groups is 1. The highest BCUT2D eigenvalue weighted by atomic mass is 35.5. The quantitative estimate of drug-likeness (QED) is 0.145. The number of methoxy groups -OCH3 is 1. The van der Waals surface area contributed by atoms with Gasteiger partial charge >= 0.3 is 0 Å². The maximum Gasteiger partial charge on any atom is 0.220 e. The Morgan fingerprint density at radius 1 is 0.935 bits per heavy atom. The molecule has 3 atom stereocenters. The number of nitrogens with one attached hydrogen (secondary N) is 3. The minimum atomic E-state index is -0.400. The van der Waals surface area contributed by atoms with Gasteiger partial charge in [0, 0.05) is 71.6 Å². The van der Waals surface area contributed by atoms with Crippen molar-refractivity contribution in [3.05, 3.63) is 87.5 Å². The van der Waals surface area contributed by atoms with Crippen molar-refractivity contribution < 1.29 is 14.6 Å². The molecule has 4 aromatic rings. The Morgan fingerprint density at radius 3 is 2.26 bits per heavy atom. The predicted octanol–water partition coefficient (Wildman–Crippen LogP) is 6.51. The Labute approximate surface area is 279 Å². The summed E-state index contributed by atoms with van der Waals surface area (Å²) < 4.78 is 5.65. The molecule has 2 aromatic heterocycles. The first-order chi connectivity index (χ1) is 22.3. The van der Waals surface area contributed by atoms with E-state index < -0.39 is 6.10 Å². The highest BCUT2D eigenvalue weighted by Crippen LogP contribution is 2.42. The molecule has 0 unspecified atom stereocenters. The van der Waals surface area contributed by atoms with Gasteiger partial charge in [0.05, 0.1) is 34.6 Å². The van der Waals surface area contributed by atoms with Crippen molar-refractivity contribution in [2.45, 2.75) is 63.8 Å². The number of halogens is 2. The Morgan fingerprint density at radius 2 is 1.61 bits per heavy atom. The Bertz CT molecular complexity index is 1730. The molecule has 2 aromatic carbocycles. The molecule has 2 aliphatic rings. The lowest BCUT2D eigenvalue weighted by molar-refractivity contribution is -0.119. The summed E-state index contributed by atoms with van der Waals surface area (Å²) in [5.41, 5.74) is 7.92. The zero-order valence-electron chi connectivity index (χ0n) is 26.1. The Hall–Kier alpha value is -3.53. The number of aliphatic hydroxyl groups excluding tert-OH is 1. The molecule has 1 aliphatic carbocycles. The average molecular weight is 661 g/mol. The fourth-order valence-corrected chi connectivity index (χ4v) is 7.00. The van der Waals surface area contributed by atoms with Crippen molar-refractivity contribution in [1.82, 2.24) is 25.9 Å². The van der Waals surface area contributed by atoms with Gasteiger partial charge in [0.15, 0.2) is 0 Å². The summed E-state index contributed by atoms with van der Waals surface area (Å²) in [7, 11) is 1.61. The second-order valence-corrected chi connectivity index (χ2v) is 12.8. The van der Waals surface area contributed by atoms with Crippen molar-refractivity contribution in [3.63, 3.8) is 0 Å². The lowest BCUT2D eigenvalue weighted by atomic mass is 9.90. The summed E-state index contributed by atoms with van der Waals surface area (Å²) in [6, 6.07) is 20.2. The highest BCUT2D eigenvalue weighted by Gasteiger charge is 2.24. The molecule has 10 heteroatoms. The van der Waals surface area contributed by atoms with Crippen LogP contribution >= 0.6 is 23.2 Å². The van der Waals surface area contributed by atoms with Gasteiger partial charge in [-0.3, -0.25) is 9.78 Å². The van der Waals surface area contributed by atoms with Gasteiger partial charge in [0.1, 0.15) is 0 Å². The van der Waals surface area contributed by atoms with E-state index >= 15 is 0 Å². The number of amides is 1. The van der Waals surface area contributed by atoms with Crippen molar-refractivity contribution in [3.8, 4) is 39.5 Å². The first kappa shape index (κ1) is 32.4. The molecule has 0 saturated carbocycles. The van der Waals surface area contributed by atoms with Crippen LogP contribution in [0.1, 0.15) is 55.5 Å². The maximum atomic E-state index is 11.5. The van der Waals surface area contributed by atoms with Crippen molar-refractivity contribution >= 4 is 29.1 Å². The molecule has 8 nitrogen and oxygen atoms in total. The SMILES string of the molecule is COc1nc(-c2cccc(-c3cccc(-c4ccc5c(n4)CCC[C@@H]5NC[C@@H](C)O)c3Cl)c2Cl)ccc1CNC[C@H]1CCC(=O)N1. The van der Waals surface area contributed by atoms with Crippen LogP contribution in [0.15, 0.2) is 60.7 Å². The zero-order chi connectivity index (χ0) is 32.2. The lowest BCUT2D eigenvalue weighted by Gasteiger charge is -2.27. The smallest absolute Gasteiger partial charge is 0.220 e. The summed E-state index contributed by atoms with van der Waals surface area (Å²) in [6.07, 6.45) is 3.99. The molecule has 1 saturated heterocycles. The molecule has 1 fully saturated rings. The molecule has 3 heterocycles. The van der Waals surface area contributed by atoms with E-state index in [1.807, 2.05) is 54.6 Å². The third-order valence-electron chi connectivity index (χ3n) is 8.71. The number of aromatic nitrogens is 2. The number of rotatable bonds is 11. The van der Waals surface area contributed by atoms with E-state index in [2.05, 4.69) is 22.0 Å². The zero-order valence-corrected chi connectivity index (χ0v) is 27.6. The summed E-state index contributed by atoms with van der Waals surface area (Å²) >= 11 is 14.2. The van der Waals surface area contributed by atoms with Crippen LogP contribution in [-0.4, -0.2) is 53.3 Å². The third-order valence-corrected chi connectivity index (χ3v) is 9.53. The van der Waals surface area contributed by atoms with E-state index in [0.717, 1.165) is 64.9 Å². The van der Waals surface area contributed by atoms with Crippen LogP contribution in [-0.2, 0) is 17.8 Å². The monoisotopic (exact) mass is 659 g/mol. The average Bonchev–Trinajstić information content (AvgIpc) is 3.48. The van der Waals surface area contributed by atoms with Crippen LogP contribution in [0, 0.1) is 0 Å². The summed E-state index contributed by atoms with van der Waals surface area (Å²) in [5, 5.41) is 20.7. The number of fused-ring (bicyclic) bond motifs is 1. The fourth-order valence-electron chi connectivity index (χ4n) is 6.35. The largest absolute Gasteiger partial charge is 0.481 e. The van der Waals surface area contributed by atoms with Gasteiger partial charge < -0.3 is 25.8 Å². The number of hydrogen-bond acceptors (Lipinski definition) is 7. The van der Waals surface area contributed by atoms with E-state index in [9.17, 15) is 9.90 Å². The van der Waals surface area contributed by atoms with E-state index in [0.29, 0.717) is 47.7 Å². The van der Waals surface area contributed by atoms with Gasteiger partial charge in [-0.2, -0.15) is 0 Å². The minimum absolute atomic E-state index is 0.106. The van der Waals surface area contributed by atoms with Crippen LogP contribution in [0.25, 0.3) is 33.6 Å². The van der Waals surface area contributed by atoms with Crippen molar-refractivity contribution in [1.29, 1.82) is 0 Å². The van der Waals surface area contributed by atoms with Gasteiger partial charge in [-0.05, 0) is 50.3 Å². The lowest BCUT2D eigenvalue weighted by Crippen LogP contribution is -2.35. The summed E-state index contributed by atoms with van der Waals surface area (Å²) in [6.45, 7) is 3.59. The molecule has 240 valence electrons. The van der Waals surface area contributed by atoms with E-state index in [1.54, 1.807) is 14.0 Å². The van der Waals surface area contributed by atoms with Crippen LogP contribution in [0.5, 0.6) is 5.88 Å². The maximum absolute atomic E-state index is 11.5. The molecule has 0 bridgehead atoms.